The van der Waals surface area contributed by atoms with Crippen LogP contribution in [-0.4, -0.2) is 40.2 Å². The molecule has 1 saturated carbocycles. The van der Waals surface area contributed by atoms with E-state index in [1.807, 2.05) is 24.4 Å². The van der Waals surface area contributed by atoms with Gasteiger partial charge in [-0.25, -0.2) is 0 Å². The van der Waals surface area contributed by atoms with Crippen molar-refractivity contribution in [2.75, 3.05) is 7.05 Å². The smallest absolute Gasteiger partial charge is 0.0695 e. The highest BCUT2D eigenvalue weighted by molar-refractivity contribution is 5.12. The van der Waals surface area contributed by atoms with Crippen LogP contribution >= 0.6 is 0 Å². The summed E-state index contributed by atoms with van der Waals surface area (Å²) in [4.78, 5) is 6.74. The van der Waals surface area contributed by atoms with Crippen molar-refractivity contribution in [1.29, 1.82) is 0 Å². The number of aromatic nitrogens is 1. The molecule has 2 rings (SSSR count). The van der Waals surface area contributed by atoms with E-state index in [1.54, 1.807) is 0 Å². The number of hydrogen-bond donors (Lipinski definition) is 2. The molecule has 0 saturated heterocycles. The van der Waals surface area contributed by atoms with Crippen LogP contribution in [0.25, 0.3) is 0 Å². The van der Waals surface area contributed by atoms with Crippen LogP contribution in [0.5, 0.6) is 0 Å². The molecular formula is C16H27N3O. The van der Waals surface area contributed by atoms with Gasteiger partial charge in [0.2, 0.25) is 0 Å². The second-order valence-corrected chi connectivity index (χ2v) is 5.86. The van der Waals surface area contributed by atoms with Crippen molar-refractivity contribution in [2.45, 2.75) is 63.3 Å². The molecule has 1 aliphatic rings. The lowest BCUT2D eigenvalue weighted by molar-refractivity contribution is 0.00554. The van der Waals surface area contributed by atoms with Crippen LogP contribution in [0, 0.1) is 0 Å². The first-order chi connectivity index (χ1) is 9.65. The van der Waals surface area contributed by atoms with Crippen LogP contribution in [0.1, 0.15) is 50.8 Å². The van der Waals surface area contributed by atoms with Gasteiger partial charge in [0, 0.05) is 18.3 Å². The van der Waals surface area contributed by atoms with Crippen molar-refractivity contribution in [3.63, 3.8) is 0 Å². The van der Waals surface area contributed by atoms with Gasteiger partial charge in [-0.2, -0.15) is 0 Å². The highest BCUT2D eigenvalue weighted by Gasteiger charge is 2.34. The molecule has 4 nitrogen and oxygen atoms in total. The molecule has 1 aromatic rings. The molecular weight excluding hydrogens is 250 g/mol. The Kier molecular flexibility index (Phi) is 5.52. The molecule has 1 aromatic heterocycles. The van der Waals surface area contributed by atoms with Crippen molar-refractivity contribution >= 4 is 0 Å². The first-order valence-electron chi connectivity index (χ1n) is 7.71. The minimum atomic E-state index is -0.246. The number of nitrogens with two attached hydrogens (primary N) is 1. The van der Waals surface area contributed by atoms with Gasteiger partial charge in [-0.15, -0.1) is 0 Å². The average molecular weight is 277 g/mol. The third-order valence-corrected chi connectivity index (χ3v) is 4.52. The number of aliphatic hydroxyl groups excluding tert-OH is 1. The first-order valence-corrected chi connectivity index (χ1v) is 7.71. The first kappa shape index (κ1) is 15.4. The molecule has 4 heteroatoms. The van der Waals surface area contributed by atoms with E-state index in [4.69, 9.17) is 5.73 Å². The fraction of sp³-hybridized carbons (Fsp3) is 0.688. The molecule has 4 atom stereocenters. The fourth-order valence-electron chi connectivity index (χ4n) is 3.28. The predicted molar refractivity (Wildman–Crippen MR) is 81.3 cm³/mol. The Balaban J connectivity index is 2.22. The molecule has 112 valence electrons. The number of rotatable bonds is 5. The second kappa shape index (κ2) is 7.16. The lowest BCUT2D eigenvalue weighted by Crippen LogP contribution is -2.49. The Morgan fingerprint density at radius 1 is 1.40 bits per heavy atom. The number of nitrogens with zero attached hydrogens (tertiary/aromatic N) is 2. The summed E-state index contributed by atoms with van der Waals surface area (Å²) in [6, 6.07) is 6.25. The molecule has 20 heavy (non-hydrogen) atoms. The van der Waals surface area contributed by atoms with Gasteiger partial charge in [-0.05, 0) is 38.4 Å². The van der Waals surface area contributed by atoms with Gasteiger partial charge in [0.1, 0.15) is 0 Å². The molecule has 0 amide bonds. The molecule has 0 aliphatic heterocycles. The summed E-state index contributed by atoms with van der Waals surface area (Å²) in [5.74, 6) is 0. The van der Waals surface area contributed by atoms with Crippen LogP contribution in [0.2, 0.25) is 0 Å². The zero-order valence-electron chi connectivity index (χ0n) is 12.6. The Morgan fingerprint density at radius 3 is 2.75 bits per heavy atom. The second-order valence-electron chi connectivity index (χ2n) is 5.86. The quantitative estimate of drug-likeness (QED) is 0.865. The Hall–Kier alpha value is -0.970. The lowest BCUT2D eigenvalue weighted by Gasteiger charge is -2.41. The highest BCUT2D eigenvalue weighted by atomic mass is 16.3. The molecule has 0 radical (unpaired) electrons. The van der Waals surface area contributed by atoms with E-state index in [-0.39, 0.29) is 24.2 Å². The number of pyridine rings is 1. The standard InChI is InChI=1S/C16H27N3O/c1-3-12(17)16(13-8-6-7-11-18-13)19(2)14-9-4-5-10-15(14)20/h6-8,11-12,14-16,20H,3-5,9-10,17H2,1-2H3. The highest BCUT2D eigenvalue weighted by Crippen LogP contribution is 2.30. The average Bonchev–Trinajstić information content (AvgIpc) is 2.48. The van der Waals surface area contributed by atoms with Gasteiger partial charge in [0.25, 0.3) is 0 Å². The Bertz CT molecular complexity index is 398. The largest absolute Gasteiger partial charge is 0.391 e. The van der Waals surface area contributed by atoms with Crippen LogP contribution in [0.4, 0.5) is 0 Å². The van der Waals surface area contributed by atoms with Crippen molar-refractivity contribution in [1.82, 2.24) is 9.88 Å². The van der Waals surface area contributed by atoms with Crippen molar-refractivity contribution < 1.29 is 5.11 Å². The zero-order valence-corrected chi connectivity index (χ0v) is 12.6. The van der Waals surface area contributed by atoms with Crippen molar-refractivity contribution in [2.24, 2.45) is 5.73 Å². The summed E-state index contributed by atoms with van der Waals surface area (Å²) in [7, 11) is 2.08. The maximum absolute atomic E-state index is 10.3. The summed E-state index contributed by atoms with van der Waals surface area (Å²) >= 11 is 0. The fourth-order valence-corrected chi connectivity index (χ4v) is 3.28. The molecule has 4 unspecified atom stereocenters. The van der Waals surface area contributed by atoms with E-state index in [1.165, 1.54) is 6.42 Å². The SMILES string of the molecule is CCC(N)C(c1ccccn1)N(C)C1CCCCC1O. The van der Waals surface area contributed by atoms with Crippen LogP contribution in [0.15, 0.2) is 24.4 Å². The minimum absolute atomic E-state index is 0.0315. The van der Waals surface area contributed by atoms with E-state index in [0.29, 0.717) is 0 Å². The topological polar surface area (TPSA) is 62.4 Å². The van der Waals surface area contributed by atoms with Gasteiger partial charge < -0.3 is 10.8 Å². The molecule has 1 aliphatic carbocycles. The summed E-state index contributed by atoms with van der Waals surface area (Å²) in [6.07, 6.45) is 6.71. The maximum atomic E-state index is 10.3. The third kappa shape index (κ3) is 3.37. The number of hydrogen-bond acceptors (Lipinski definition) is 4. The molecule has 0 spiro atoms. The Morgan fingerprint density at radius 2 is 2.15 bits per heavy atom. The summed E-state index contributed by atoms with van der Waals surface area (Å²) < 4.78 is 0. The maximum Gasteiger partial charge on any atom is 0.0695 e. The lowest BCUT2D eigenvalue weighted by atomic mass is 9.89. The zero-order chi connectivity index (χ0) is 14.5. The van der Waals surface area contributed by atoms with Crippen LogP contribution < -0.4 is 5.73 Å². The van der Waals surface area contributed by atoms with Gasteiger partial charge in [0.05, 0.1) is 17.8 Å². The predicted octanol–water partition coefficient (Wildman–Crippen LogP) is 2.10. The molecule has 3 N–H and O–H groups in total. The Labute approximate surface area is 122 Å². The molecule has 0 aromatic carbocycles. The van der Waals surface area contributed by atoms with Crippen molar-refractivity contribution in [3.8, 4) is 0 Å². The van der Waals surface area contributed by atoms with Crippen molar-refractivity contribution in [3.05, 3.63) is 30.1 Å². The molecule has 0 bridgehead atoms. The monoisotopic (exact) mass is 277 g/mol. The van der Waals surface area contributed by atoms with Gasteiger partial charge in [-0.1, -0.05) is 25.8 Å². The summed E-state index contributed by atoms with van der Waals surface area (Å²) in [6.45, 7) is 2.10. The van der Waals surface area contributed by atoms with E-state index in [9.17, 15) is 5.11 Å². The van der Waals surface area contributed by atoms with E-state index in [2.05, 4.69) is 23.9 Å². The van der Waals surface area contributed by atoms with Crippen LogP contribution in [-0.2, 0) is 0 Å². The number of likely N-dealkylation sites (N-methyl/N-ethyl adjacent to an activating group) is 1. The van der Waals surface area contributed by atoms with Gasteiger partial charge in [-0.3, -0.25) is 9.88 Å². The molecule has 1 heterocycles. The van der Waals surface area contributed by atoms with E-state index in [0.717, 1.165) is 31.4 Å². The van der Waals surface area contributed by atoms with Crippen LogP contribution in [0.3, 0.4) is 0 Å². The van der Waals surface area contributed by atoms with E-state index < -0.39 is 0 Å². The minimum Gasteiger partial charge on any atom is -0.391 e. The van der Waals surface area contributed by atoms with Gasteiger partial charge >= 0.3 is 0 Å². The normalized spacial score (nSPS) is 26.4. The van der Waals surface area contributed by atoms with E-state index >= 15 is 0 Å². The summed E-state index contributed by atoms with van der Waals surface area (Å²) in [5.41, 5.74) is 7.34. The number of aliphatic hydroxyl groups is 1. The van der Waals surface area contributed by atoms with Gasteiger partial charge in [0.15, 0.2) is 0 Å². The molecule has 1 fully saturated rings. The summed E-state index contributed by atoms with van der Waals surface area (Å²) in [5, 5.41) is 10.3. The third-order valence-electron chi connectivity index (χ3n) is 4.52.